The molecule has 17 heavy (non-hydrogen) atoms. The highest BCUT2D eigenvalue weighted by atomic mass is 16.4. The van der Waals surface area contributed by atoms with Gasteiger partial charge in [0.15, 0.2) is 0 Å². The van der Waals surface area contributed by atoms with Gasteiger partial charge in [-0.15, -0.1) is 0 Å². The van der Waals surface area contributed by atoms with E-state index in [0.29, 0.717) is 5.82 Å². The van der Waals surface area contributed by atoms with Crippen molar-refractivity contribution in [3.63, 3.8) is 0 Å². The number of H-pyrrole nitrogens is 1. The fourth-order valence-electron chi connectivity index (χ4n) is 2.18. The van der Waals surface area contributed by atoms with Crippen molar-refractivity contribution in [1.82, 2.24) is 20.5 Å². The van der Waals surface area contributed by atoms with Crippen molar-refractivity contribution in [3.8, 4) is 0 Å². The number of carboxylic acids is 1. The number of rotatable bonds is 4. The van der Waals surface area contributed by atoms with Gasteiger partial charge in [0.1, 0.15) is 12.2 Å². The lowest BCUT2D eigenvalue weighted by Crippen LogP contribution is -2.27. The maximum atomic E-state index is 11.8. The molecule has 0 aromatic carbocycles. The van der Waals surface area contributed by atoms with Gasteiger partial charge in [-0.3, -0.25) is 14.7 Å². The summed E-state index contributed by atoms with van der Waals surface area (Å²) in [5, 5.41) is 17.9. The lowest BCUT2D eigenvalue weighted by atomic mass is 10.1. The van der Waals surface area contributed by atoms with Crippen LogP contribution in [-0.2, 0) is 16.1 Å². The van der Waals surface area contributed by atoms with Crippen LogP contribution in [0.3, 0.4) is 0 Å². The number of carbonyl (C=O) groups excluding carboxylic acids is 1. The monoisotopic (exact) mass is 238 g/mol. The Labute approximate surface area is 97.6 Å². The average Bonchev–Trinajstić information content (AvgIpc) is 2.65. The summed E-state index contributed by atoms with van der Waals surface area (Å²) in [6.07, 6.45) is 1.35. The summed E-state index contributed by atoms with van der Waals surface area (Å²) in [4.78, 5) is 26.6. The molecule has 0 aliphatic heterocycles. The molecule has 1 amide bonds. The van der Waals surface area contributed by atoms with E-state index >= 15 is 0 Å². The Bertz CT molecular complexity index is 440. The lowest BCUT2D eigenvalue weighted by Gasteiger charge is -2.03. The van der Waals surface area contributed by atoms with Gasteiger partial charge in [0.25, 0.3) is 0 Å². The van der Waals surface area contributed by atoms with Gasteiger partial charge in [-0.05, 0) is 5.41 Å². The van der Waals surface area contributed by atoms with E-state index in [4.69, 9.17) is 5.11 Å². The van der Waals surface area contributed by atoms with Crippen LogP contribution in [0.4, 0.5) is 0 Å². The minimum absolute atomic E-state index is 0.234. The topological polar surface area (TPSA) is 108 Å². The van der Waals surface area contributed by atoms with Crippen molar-refractivity contribution in [2.75, 3.05) is 0 Å². The van der Waals surface area contributed by atoms with E-state index < -0.39 is 23.2 Å². The molecule has 0 radical (unpaired) electrons. The number of nitrogens with zero attached hydrogens (tertiary/aromatic N) is 2. The summed E-state index contributed by atoms with van der Waals surface area (Å²) in [5.74, 6) is -1.70. The van der Waals surface area contributed by atoms with Gasteiger partial charge in [0.05, 0.1) is 18.4 Å². The molecule has 92 valence electrons. The molecule has 0 bridgehead atoms. The molecule has 0 saturated heterocycles. The van der Waals surface area contributed by atoms with E-state index in [2.05, 4.69) is 20.5 Å². The molecule has 2 unspecified atom stereocenters. The van der Waals surface area contributed by atoms with Crippen molar-refractivity contribution in [1.29, 1.82) is 0 Å². The van der Waals surface area contributed by atoms with Gasteiger partial charge >= 0.3 is 5.97 Å². The predicted molar refractivity (Wildman–Crippen MR) is 56.6 cm³/mol. The zero-order valence-electron chi connectivity index (χ0n) is 9.60. The standard InChI is InChI=1S/C10H14N4O3/c1-10(2)6(7(10)9(16)17)8(15)11-3-5-12-4-13-14-5/h4,6-7H,3H2,1-2H3,(H,11,15)(H,16,17)(H,12,13,14). The molecule has 3 N–H and O–H groups in total. The van der Waals surface area contributed by atoms with Crippen LogP contribution >= 0.6 is 0 Å². The zero-order valence-corrected chi connectivity index (χ0v) is 9.60. The Hall–Kier alpha value is -1.92. The number of aromatic nitrogens is 3. The van der Waals surface area contributed by atoms with Crippen LogP contribution in [0.5, 0.6) is 0 Å². The number of hydrogen-bond acceptors (Lipinski definition) is 4. The van der Waals surface area contributed by atoms with Crippen molar-refractivity contribution < 1.29 is 14.7 Å². The van der Waals surface area contributed by atoms with Crippen LogP contribution in [0.2, 0.25) is 0 Å². The molecule has 1 aliphatic rings. The molecule has 1 aromatic heterocycles. The van der Waals surface area contributed by atoms with E-state index in [-0.39, 0.29) is 12.5 Å². The first-order valence-corrected chi connectivity index (χ1v) is 5.29. The molecule has 2 rings (SSSR count). The molecular weight excluding hydrogens is 224 g/mol. The predicted octanol–water partition coefficient (Wildman–Crippen LogP) is -0.222. The first-order chi connectivity index (χ1) is 7.94. The third-order valence-corrected chi connectivity index (χ3v) is 3.27. The second-order valence-corrected chi connectivity index (χ2v) is 4.76. The molecular formula is C10H14N4O3. The van der Waals surface area contributed by atoms with Gasteiger partial charge in [0, 0.05) is 0 Å². The minimum Gasteiger partial charge on any atom is -0.481 e. The maximum Gasteiger partial charge on any atom is 0.307 e. The number of amides is 1. The number of aliphatic carboxylic acids is 1. The van der Waals surface area contributed by atoms with Crippen LogP contribution in [0.25, 0.3) is 0 Å². The zero-order chi connectivity index (χ0) is 12.6. The van der Waals surface area contributed by atoms with Crippen LogP contribution in [0.1, 0.15) is 19.7 Å². The Kier molecular flexibility index (Phi) is 2.60. The molecule has 1 aliphatic carbocycles. The third kappa shape index (κ3) is 2.00. The van der Waals surface area contributed by atoms with Crippen LogP contribution in [-0.4, -0.2) is 32.2 Å². The smallest absolute Gasteiger partial charge is 0.307 e. The summed E-state index contributed by atoms with van der Waals surface area (Å²) < 4.78 is 0. The molecule has 0 spiro atoms. The van der Waals surface area contributed by atoms with Crippen LogP contribution in [0.15, 0.2) is 6.33 Å². The van der Waals surface area contributed by atoms with Gasteiger partial charge in [-0.2, -0.15) is 5.10 Å². The quantitative estimate of drug-likeness (QED) is 0.672. The van der Waals surface area contributed by atoms with Gasteiger partial charge in [0.2, 0.25) is 5.91 Å². The first-order valence-electron chi connectivity index (χ1n) is 5.29. The highest BCUT2D eigenvalue weighted by Gasteiger charge is 2.65. The van der Waals surface area contributed by atoms with E-state index in [1.165, 1.54) is 6.33 Å². The van der Waals surface area contributed by atoms with Crippen molar-refractivity contribution >= 4 is 11.9 Å². The number of carbonyl (C=O) groups is 2. The molecule has 1 heterocycles. The van der Waals surface area contributed by atoms with Crippen molar-refractivity contribution in [3.05, 3.63) is 12.2 Å². The molecule has 7 heteroatoms. The second kappa shape index (κ2) is 3.83. The van der Waals surface area contributed by atoms with Crippen LogP contribution < -0.4 is 5.32 Å². The number of nitrogens with one attached hydrogen (secondary N) is 2. The summed E-state index contributed by atoms with van der Waals surface area (Å²) in [6.45, 7) is 3.80. The largest absolute Gasteiger partial charge is 0.481 e. The maximum absolute atomic E-state index is 11.8. The van der Waals surface area contributed by atoms with Gasteiger partial charge in [-0.1, -0.05) is 13.8 Å². The van der Waals surface area contributed by atoms with E-state index in [1.807, 2.05) is 0 Å². The number of aromatic amines is 1. The molecule has 1 fully saturated rings. The van der Waals surface area contributed by atoms with E-state index in [0.717, 1.165) is 0 Å². The number of carboxylic acid groups (broad SMARTS) is 1. The average molecular weight is 238 g/mol. The summed E-state index contributed by atoms with van der Waals surface area (Å²) >= 11 is 0. The fraction of sp³-hybridized carbons (Fsp3) is 0.600. The normalized spacial score (nSPS) is 25.3. The Balaban J connectivity index is 1.92. The number of hydrogen-bond donors (Lipinski definition) is 3. The van der Waals surface area contributed by atoms with E-state index in [9.17, 15) is 9.59 Å². The van der Waals surface area contributed by atoms with Crippen molar-refractivity contribution in [2.45, 2.75) is 20.4 Å². The lowest BCUT2D eigenvalue weighted by molar-refractivity contribution is -0.140. The minimum atomic E-state index is -0.921. The summed E-state index contributed by atoms with van der Waals surface area (Å²) in [5.41, 5.74) is -0.475. The highest BCUT2D eigenvalue weighted by Crippen LogP contribution is 2.58. The molecule has 1 saturated carbocycles. The molecule has 7 nitrogen and oxygen atoms in total. The second-order valence-electron chi connectivity index (χ2n) is 4.76. The molecule has 2 atom stereocenters. The third-order valence-electron chi connectivity index (χ3n) is 3.27. The van der Waals surface area contributed by atoms with Gasteiger partial charge < -0.3 is 10.4 Å². The van der Waals surface area contributed by atoms with Crippen molar-refractivity contribution in [2.24, 2.45) is 17.3 Å². The SMILES string of the molecule is CC1(C)C(C(=O)O)C1C(=O)NCc1ncn[nH]1. The summed E-state index contributed by atoms with van der Waals surface area (Å²) in [7, 11) is 0. The first kappa shape index (κ1) is 11.6. The summed E-state index contributed by atoms with van der Waals surface area (Å²) in [6, 6.07) is 0. The Morgan fingerprint density at radius 3 is 2.71 bits per heavy atom. The van der Waals surface area contributed by atoms with Gasteiger partial charge in [-0.25, -0.2) is 4.98 Å². The Morgan fingerprint density at radius 2 is 2.24 bits per heavy atom. The highest BCUT2D eigenvalue weighted by molar-refractivity contribution is 5.91. The fourth-order valence-corrected chi connectivity index (χ4v) is 2.18. The van der Waals surface area contributed by atoms with E-state index in [1.54, 1.807) is 13.8 Å². The Morgan fingerprint density at radius 1 is 1.53 bits per heavy atom. The molecule has 1 aromatic rings. The van der Waals surface area contributed by atoms with Crippen LogP contribution in [0, 0.1) is 17.3 Å².